The first-order chi connectivity index (χ1) is 11.4. The quantitative estimate of drug-likeness (QED) is 0.879. The molecule has 0 radical (unpaired) electrons. The van der Waals surface area contributed by atoms with Gasteiger partial charge in [-0.3, -0.25) is 0 Å². The van der Waals surface area contributed by atoms with Crippen LogP contribution in [-0.2, 0) is 10.3 Å². The van der Waals surface area contributed by atoms with E-state index in [0.717, 1.165) is 0 Å². The number of ether oxygens (including phenoxy) is 1. The van der Waals surface area contributed by atoms with Crippen molar-refractivity contribution in [2.75, 3.05) is 13.1 Å². The molecule has 1 aromatic rings. The lowest BCUT2D eigenvalue weighted by Crippen LogP contribution is -2.42. The number of amides is 1. The molecule has 0 saturated carbocycles. The van der Waals surface area contributed by atoms with Crippen molar-refractivity contribution in [2.45, 2.75) is 71.4 Å². The summed E-state index contributed by atoms with van der Waals surface area (Å²) in [7, 11) is 0. The molecule has 1 aliphatic heterocycles. The molecule has 1 fully saturated rings. The highest BCUT2D eigenvalue weighted by atomic mass is 16.6. The van der Waals surface area contributed by atoms with Gasteiger partial charge in [-0.2, -0.15) is 0 Å². The lowest BCUT2D eigenvalue weighted by atomic mass is 9.91. The number of carboxylic acid groups (broad SMARTS) is 1. The standard InChI is InChI=1S/C17H28N4O4/c1-16(2,3)21-13(12(14(22)23)18-19-21)11-7-9-20(10-8-11)15(24)25-17(4,5)6/h11H,7-10H2,1-6H3,(H,22,23). The van der Waals surface area contributed by atoms with Gasteiger partial charge in [0.2, 0.25) is 0 Å². The maximum absolute atomic E-state index is 12.2. The number of carboxylic acids is 1. The van der Waals surface area contributed by atoms with Crippen LogP contribution in [0.1, 0.15) is 76.5 Å². The van der Waals surface area contributed by atoms with E-state index in [1.54, 1.807) is 9.58 Å². The summed E-state index contributed by atoms with van der Waals surface area (Å²) < 4.78 is 7.10. The minimum absolute atomic E-state index is 0.000915. The third-order valence-corrected chi connectivity index (χ3v) is 4.08. The smallest absolute Gasteiger partial charge is 0.410 e. The van der Waals surface area contributed by atoms with Crippen LogP contribution in [0.4, 0.5) is 4.79 Å². The molecule has 0 unspecified atom stereocenters. The molecule has 0 aromatic carbocycles. The van der Waals surface area contributed by atoms with Gasteiger partial charge in [-0.15, -0.1) is 5.10 Å². The molecule has 1 N–H and O–H groups in total. The summed E-state index contributed by atoms with van der Waals surface area (Å²) in [6, 6.07) is 0. The Kier molecular flexibility index (Phi) is 5.11. The number of aromatic nitrogens is 3. The van der Waals surface area contributed by atoms with Crippen LogP contribution in [0.5, 0.6) is 0 Å². The summed E-state index contributed by atoms with van der Waals surface area (Å²) in [6.45, 7) is 12.5. The van der Waals surface area contributed by atoms with Gasteiger partial charge in [-0.05, 0) is 54.4 Å². The predicted molar refractivity (Wildman–Crippen MR) is 91.8 cm³/mol. The largest absolute Gasteiger partial charge is 0.476 e. The monoisotopic (exact) mass is 352 g/mol. The van der Waals surface area contributed by atoms with Crippen LogP contribution in [0.25, 0.3) is 0 Å². The molecular formula is C17H28N4O4. The van der Waals surface area contributed by atoms with Crippen molar-refractivity contribution in [3.8, 4) is 0 Å². The topological polar surface area (TPSA) is 97.6 Å². The molecule has 0 aliphatic carbocycles. The Morgan fingerprint density at radius 2 is 1.68 bits per heavy atom. The van der Waals surface area contributed by atoms with Crippen molar-refractivity contribution >= 4 is 12.1 Å². The van der Waals surface area contributed by atoms with E-state index in [2.05, 4.69) is 10.3 Å². The number of likely N-dealkylation sites (tertiary alicyclic amines) is 1. The number of carbonyl (C=O) groups is 2. The molecule has 1 aliphatic rings. The summed E-state index contributed by atoms with van der Waals surface area (Å²) >= 11 is 0. The van der Waals surface area contributed by atoms with E-state index >= 15 is 0 Å². The fourth-order valence-electron chi connectivity index (χ4n) is 2.97. The van der Waals surface area contributed by atoms with E-state index in [1.165, 1.54) is 0 Å². The zero-order chi connectivity index (χ0) is 19.0. The van der Waals surface area contributed by atoms with E-state index in [-0.39, 0.29) is 23.2 Å². The van der Waals surface area contributed by atoms with E-state index < -0.39 is 11.6 Å². The highest BCUT2D eigenvalue weighted by molar-refractivity contribution is 5.86. The van der Waals surface area contributed by atoms with E-state index in [4.69, 9.17) is 4.74 Å². The van der Waals surface area contributed by atoms with Crippen LogP contribution >= 0.6 is 0 Å². The Balaban J connectivity index is 2.17. The third kappa shape index (κ3) is 4.49. The average molecular weight is 352 g/mol. The van der Waals surface area contributed by atoms with Gasteiger partial charge in [-0.1, -0.05) is 5.21 Å². The van der Waals surface area contributed by atoms with Crippen LogP contribution in [0, 0.1) is 0 Å². The van der Waals surface area contributed by atoms with Crippen LogP contribution in [0.3, 0.4) is 0 Å². The van der Waals surface area contributed by atoms with Crippen molar-refractivity contribution < 1.29 is 19.4 Å². The molecule has 0 atom stereocenters. The molecule has 0 spiro atoms. The fourth-order valence-corrected chi connectivity index (χ4v) is 2.97. The van der Waals surface area contributed by atoms with Crippen LogP contribution in [-0.4, -0.2) is 55.8 Å². The molecule has 1 aromatic heterocycles. The number of carbonyl (C=O) groups excluding carboxylic acids is 1. The summed E-state index contributed by atoms with van der Waals surface area (Å²) in [5, 5.41) is 17.4. The van der Waals surface area contributed by atoms with Gasteiger partial charge in [0.25, 0.3) is 0 Å². The van der Waals surface area contributed by atoms with E-state index in [1.807, 2.05) is 41.5 Å². The van der Waals surface area contributed by atoms with Gasteiger partial charge in [-0.25, -0.2) is 14.3 Å². The lowest BCUT2D eigenvalue weighted by Gasteiger charge is -2.34. The highest BCUT2D eigenvalue weighted by Gasteiger charge is 2.34. The molecule has 1 saturated heterocycles. The van der Waals surface area contributed by atoms with Crippen molar-refractivity contribution in [1.29, 1.82) is 0 Å². The number of hydrogen-bond donors (Lipinski definition) is 1. The Labute approximate surface area is 148 Å². The normalized spacial score (nSPS) is 16.8. The second-order valence-corrected chi connectivity index (χ2v) is 8.45. The Hall–Kier alpha value is -2.12. The number of hydrogen-bond acceptors (Lipinski definition) is 5. The Morgan fingerprint density at radius 3 is 2.12 bits per heavy atom. The maximum Gasteiger partial charge on any atom is 0.410 e. The van der Waals surface area contributed by atoms with E-state index in [0.29, 0.717) is 31.6 Å². The van der Waals surface area contributed by atoms with Crippen molar-refractivity contribution in [1.82, 2.24) is 19.9 Å². The first-order valence-electron chi connectivity index (χ1n) is 8.57. The first kappa shape index (κ1) is 19.2. The van der Waals surface area contributed by atoms with Gasteiger partial charge < -0.3 is 14.7 Å². The third-order valence-electron chi connectivity index (χ3n) is 4.08. The van der Waals surface area contributed by atoms with Gasteiger partial charge in [0.05, 0.1) is 11.2 Å². The minimum atomic E-state index is -1.07. The lowest BCUT2D eigenvalue weighted by molar-refractivity contribution is 0.0201. The summed E-state index contributed by atoms with van der Waals surface area (Å²) in [5.41, 5.74) is -0.244. The SMILES string of the molecule is CC(C)(C)OC(=O)N1CCC(c2c(C(=O)O)nnn2C(C)(C)C)CC1. The first-order valence-corrected chi connectivity index (χ1v) is 8.57. The second kappa shape index (κ2) is 6.65. The zero-order valence-electron chi connectivity index (χ0n) is 15.9. The van der Waals surface area contributed by atoms with Crippen molar-refractivity contribution in [3.63, 3.8) is 0 Å². The highest BCUT2D eigenvalue weighted by Crippen LogP contribution is 2.33. The molecule has 2 rings (SSSR count). The molecular weight excluding hydrogens is 324 g/mol. The molecule has 2 heterocycles. The zero-order valence-corrected chi connectivity index (χ0v) is 15.9. The number of nitrogens with zero attached hydrogens (tertiary/aromatic N) is 4. The van der Waals surface area contributed by atoms with E-state index in [9.17, 15) is 14.7 Å². The fraction of sp³-hybridized carbons (Fsp3) is 0.765. The Morgan fingerprint density at radius 1 is 1.12 bits per heavy atom. The number of piperidine rings is 1. The molecule has 1 amide bonds. The Bertz CT molecular complexity index is 647. The van der Waals surface area contributed by atoms with Gasteiger partial charge >= 0.3 is 12.1 Å². The van der Waals surface area contributed by atoms with Crippen LogP contribution in [0.2, 0.25) is 0 Å². The molecule has 8 heteroatoms. The van der Waals surface area contributed by atoms with Crippen LogP contribution in [0.15, 0.2) is 0 Å². The van der Waals surface area contributed by atoms with Crippen molar-refractivity contribution in [3.05, 3.63) is 11.4 Å². The number of rotatable bonds is 2. The summed E-state index contributed by atoms with van der Waals surface area (Å²) in [5.74, 6) is -1.07. The summed E-state index contributed by atoms with van der Waals surface area (Å²) in [4.78, 5) is 25.4. The van der Waals surface area contributed by atoms with Gasteiger partial charge in [0.1, 0.15) is 5.60 Å². The maximum atomic E-state index is 12.2. The van der Waals surface area contributed by atoms with Gasteiger partial charge in [0.15, 0.2) is 5.69 Å². The number of aromatic carboxylic acids is 1. The molecule has 0 bridgehead atoms. The molecule has 8 nitrogen and oxygen atoms in total. The average Bonchev–Trinajstić information content (AvgIpc) is 2.90. The predicted octanol–water partition coefficient (Wildman–Crippen LogP) is 2.85. The minimum Gasteiger partial charge on any atom is -0.476 e. The molecule has 25 heavy (non-hydrogen) atoms. The van der Waals surface area contributed by atoms with Crippen molar-refractivity contribution in [2.24, 2.45) is 0 Å². The second-order valence-electron chi connectivity index (χ2n) is 8.45. The molecule has 140 valence electrons. The van der Waals surface area contributed by atoms with Crippen LogP contribution < -0.4 is 0 Å². The summed E-state index contributed by atoms with van der Waals surface area (Å²) in [6.07, 6.45) is 0.984. The van der Waals surface area contributed by atoms with Gasteiger partial charge in [0, 0.05) is 19.0 Å².